The van der Waals surface area contributed by atoms with Gasteiger partial charge in [0.1, 0.15) is 17.6 Å². The van der Waals surface area contributed by atoms with Crippen LogP contribution in [0.5, 0.6) is 11.5 Å². The van der Waals surface area contributed by atoms with Crippen LogP contribution in [0.15, 0.2) is 31.7 Å². The van der Waals surface area contributed by atoms with Crippen LogP contribution in [-0.4, -0.2) is 24.3 Å². The Kier molecular flexibility index (Phi) is 5.04. The summed E-state index contributed by atoms with van der Waals surface area (Å²) < 4.78 is 10.9. The van der Waals surface area contributed by atoms with Crippen LogP contribution in [0, 0.1) is 11.3 Å². The fourth-order valence-corrected chi connectivity index (χ4v) is 4.23. The molecule has 1 heterocycles. The van der Waals surface area contributed by atoms with Crippen molar-refractivity contribution in [3.05, 3.63) is 21.9 Å². The molecular weight excluding hydrogens is 310 g/mol. The fourth-order valence-electron chi connectivity index (χ4n) is 1.68. The van der Waals surface area contributed by atoms with Crippen molar-refractivity contribution >= 4 is 29.5 Å². The molecule has 7 heteroatoms. The van der Waals surface area contributed by atoms with Crippen LogP contribution in [0.4, 0.5) is 0 Å². The van der Waals surface area contributed by atoms with Crippen molar-refractivity contribution in [1.82, 2.24) is 0 Å². The molecule has 110 valence electrons. The maximum absolute atomic E-state index is 11.8. The van der Waals surface area contributed by atoms with E-state index in [4.69, 9.17) is 9.47 Å². The summed E-state index contributed by atoms with van der Waals surface area (Å²) >= 11 is 2.42. The molecule has 1 aromatic carbocycles. The summed E-state index contributed by atoms with van der Waals surface area (Å²) in [6.07, 6.45) is 0. The minimum absolute atomic E-state index is 0.0510. The Bertz CT molecular complexity index is 649. The Labute approximate surface area is 130 Å². The standard InChI is InChI=1S/C14H13NO4S2/c1-3-18-10-6-5-9(16)11-12(10)21-14(20-11)8(7-15)13(17)19-4-2/h5-6,16H,3-4H2,1-2H3/b14-8+. The van der Waals surface area contributed by atoms with Gasteiger partial charge in [0.2, 0.25) is 0 Å². The maximum Gasteiger partial charge on any atom is 0.350 e. The summed E-state index contributed by atoms with van der Waals surface area (Å²) in [6.45, 7) is 4.24. The zero-order valence-corrected chi connectivity index (χ0v) is 13.1. The Balaban J connectivity index is 2.42. The third-order valence-corrected chi connectivity index (χ3v) is 5.18. The van der Waals surface area contributed by atoms with Crippen LogP contribution in [0.2, 0.25) is 0 Å². The maximum atomic E-state index is 11.8. The number of ether oxygens (including phenoxy) is 2. The van der Waals surface area contributed by atoms with Gasteiger partial charge in [0.05, 0.1) is 27.2 Å². The second kappa shape index (κ2) is 6.78. The molecule has 0 aliphatic carbocycles. The number of aromatic hydroxyl groups is 1. The number of nitrogens with zero attached hydrogens (tertiary/aromatic N) is 1. The molecule has 0 bridgehead atoms. The molecule has 0 aromatic heterocycles. The molecule has 2 rings (SSSR count). The number of phenols is 1. The summed E-state index contributed by atoms with van der Waals surface area (Å²) in [6, 6.07) is 5.08. The third kappa shape index (κ3) is 3.12. The van der Waals surface area contributed by atoms with Crippen molar-refractivity contribution in [1.29, 1.82) is 5.26 Å². The zero-order chi connectivity index (χ0) is 15.4. The van der Waals surface area contributed by atoms with E-state index < -0.39 is 5.97 Å². The fraction of sp³-hybridized carbons (Fsp3) is 0.286. The van der Waals surface area contributed by atoms with Crippen LogP contribution >= 0.6 is 23.5 Å². The van der Waals surface area contributed by atoms with Gasteiger partial charge in [0, 0.05) is 0 Å². The average molecular weight is 323 g/mol. The zero-order valence-electron chi connectivity index (χ0n) is 11.5. The molecule has 5 nitrogen and oxygen atoms in total. The van der Waals surface area contributed by atoms with Crippen molar-refractivity contribution < 1.29 is 19.4 Å². The number of nitriles is 1. The summed E-state index contributed by atoms with van der Waals surface area (Å²) in [5.41, 5.74) is -0.0510. The topological polar surface area (TPSA) is 79.6 Å². The van der Waals surface area contributed by atoms with Crippen LogP contribution in [0.1, 0.15) is 13.8 Å². The van der Waals surface area contributed by atoms with Gasteiger partial charge in [-0.1, -0.05) is 23.5 Å². The second-order valence-electron chi connectivity index (χ2n) is 3.87. The van der Waals surface area contributed by atoms with Gasteiger partial charge in [0.25, 0.3) is 0 Å². The Morgan fingerprint density at radius 1 is 1.29 bits per heavy atom. The third-order valence-electron chi connectivity index (χ3n) is 2.54. The number of carbonyl (C=O) groups excluding carboxylic acids is 1. The number of rotatable bonds is 4. The molecule has 0 fully saturated rings. The minimum atomic E-state index is -0.653. The Morgan fingerprint density at radius 3 is 2.62 bits per heavy atom. The van der Waals surface area contributed by atoms with E-state index in [0.717, 1.165) is 0 Å². The summed E-state index contributed by atoms with van der Waals surface area (Å²) in [4.78, 5) is 13.1. The minimum Gasteiger partial charge on any atom is -0.507 e. The van der Waals surface area contributed by atoms with E-state index in [1.807, 2.05) is 13.0 Å². The van der Waals surface area contributed by atoms with Gasteiger partial charge in [-0.3, -0.25) is 0 Å². The molecule has 1 N–H and O–H groups in total. The van der Waals surface area contributed by atoms with E-state index in [-0.39, 0.29) is 17.9 Å². The van der Waals surface area contributed by atoms with Gasteiger partial charge in [-0.15, -0.1) is 0 Å². The first-order valence-electron chi connectivity index (χ1n) is 6.28. The lowest BCUT2D eigenvalue weighted by Crippen LogP contribution is -2.07. The molecule has 0 spiro atoms. The highest BCUT2D eigenvalue weighted by molar-refractivity contribution is 8.24. The number of phenolic OH excluding ortho intramolecular Hbond substituents is 1. The number of fused-ring (bicyclic) bond motifs is 1. The highest BCUT2D eigenvalue weighted by Gasteiger charge is 2.30. The Morgan fingerprint density at radius 2 is 2.00 bits per heavy atom. The lowest BCUT2D eigenvalue weighted by Gasteiger charge is -2.08. The molecule has 0 amide bonds. The molecule has 21 heavy (non-hydrogen) atoms. The van der Waals surface area contributed by atoms with Gasteiger partial charge in [0.15, 0.2) is 5.57 Å². The van der Waals surface area contributed by atoms with Gasteiger partial charge in [-0.2, -0.15) is 5.26 Å². The molecule has 0 saturated heterocycles. The van der Waals surface area contributed by atoms with E-state index in [9.17, 15) is 15.2 Å². The Hall–Kier alpha value is -1.78. The van der Waals surface area contributed by atoms with Crippen molar-refractivity contribution in [2.45, 2.75) is 23.6 Å². The van der Waals surface area contributed by atoms with Gasteiger partial charge < -0.3 is 14.6 Å². The first-order valence-corrected chi connectivity index (χ1v) is 7.91. The van der Waals surface area contributed by atoms with Gasteiger partial charge in [-0.05, 0) is 26.0 Å². The summed E-state index contributed by atoms with van der Waals surface area (Å²) in [7, 11) is 0. The molecule has 1 aromatic rings. The van der Waals surface area contributed by atoms with E-state index in [2.05, 4.69) is 0 Å². The normalized spacial score (nSPS) is 15.1. The van der Waals surface area contributed by atoms with Crippen LogP contribution in [0.3, 0.4) is 0 Å². The van der Waals surface area contributed by atoms with Gasteiger partial charge in [-0.25, -0.2) is 4.79 Å². The summed E-state index contributed by atoms with van der Waals surface area (Å²) in [5.74, 6) is 0.0707. The first kappa shape index (κ1) is 15.6. The predicted molar refractivity (Wildman–Crippen MR) is 80.3 cm³/mol. The summed E-state index contributed by atoms with van der Waals surface area (Å²) in [5, 5.41) is 19.1. The lowest BCUT2D eigenvalue weighted by molar-refractivity contribution is -0.138. The molecule has 0 saturated carbocycles. The van der Waals surface area contributed by atoms with Crippen molar-refractivity contribution in [2.24, 2.45) is 0 Å². The van der Waals surface area contributed by atoms with Crippen molar-refractivity contribution in [3.63, 3.8) is 0 Å². The van der Waals surface area contributed by atoms with Crippen molar-refractivity contribution in [2.75, 3.05) is 13.2 Å². The number of carbonyl (C=O) groups is 1. The number of esters is 1. The average Bonchev–Trinajstić information content (AvgIpc) is 2.89. The monoisotopic (exact) mass is 323 g/mol. The van der Waals surface area contributed by atoms with Crippen molar-refractivity contribution in [3.8, 4) is 17.6 Å². The highest BCUT2D eigenvalue weighted by Crippen LogP contribution is 2.58. The van der Waals surface area contributed by atoms with E-state index >= 15 is 0 Å². The second-order valence-corrected chi connectivity index (χ2v) is 6.17. The molecule has 1 aliphatic heterocycles. The molecular formula is C14H13NO4S2. The quantitative estimate of drug-likeness (QED) is 0.517. The predicted octanol–water partition coefficient (Wildman–Crippen LogP) is 3.29. The van der Waals surface area contributed by atoms with E-state index in [1.54, 1.807) is 13.0 Å². The van der Waals surface area contributed by atoms with E-state index in [1.165, 1.54) is 29.6 Å². The van der Waals surface area contributed by atoms with Crippen LogP contribution < -0.4 is 4.74 Å². The van der Waals surface area contributed by atoms with Gasteiger partial charge >= 0.3 is 5.97 Å². The number of benzene rings is 1. The van der Waals surface area contributed by atoms with Crippen LogP contribution in [0.25, 0.3) is 0 Å². The first-order chi connectivity index (χ1) is 10.1. The van der Waals surface area contributed by atoms with Crippen LogP contribution in [-0.2, 0) is 9.53 Å². The molecule has 0 radical (unpaired) electrons. The molecule has 1 aliphatic rings. The number of hydrogen-bond acceptors (Lipinski definition) is 7. The smallest absolute Gasteiger partial charge is 0.350 e. The number of hydrogen-bond donors (Lipinski definition) is 1. The largest absolute Gasteiger partial charge is 0.507 e. The molecule has 0 unspecified atom stereocenters. The SMILES string of the molecule is CCOC(=O)/C(C#N)=C1\Sc2c(O)ccc(OCC)c2S1. The molecule has 0 atom stereocenters. The number of thioether (sulfide) groups is 2. The highest BCUT2D eigenvalue weighted by atomic mass is 32.2. The van der Waals surface area contributed by atoms with E-state index in [0.29, 0.717) is 26.4 Å². The lowest BCUT2D eigenvalue weighted by atomic mass is 10.3.